The van der Waals surface area contributed by atoms with E-state index in [1.807, 2.05) is 60.7 Å². The maximum atomic E-state index is 13.5. The molecule has 0 aromatic heterocycles. The summed E-state index contributed by atoms with van der Waals surface area (Å²) in [5.41, 5.74) is 2.89. The van der Waals surface area contributed by atoms with Gasteiger partial charge in [0.25, 0.3) is 5.91 Å². The van der Waals surface area contributed by atoms with Gasteiger partial charge in [-0.2, -0.15) is 0 Å². The Balaban J connectivity index is 1.43. The van der Waals surface area contributed by atoms with Crippen molar-refractivity contribution in [2.45, 2.75) is 6.61 Å². The maximum absolute atomic E-state index is 13.5. The van der Waals surface area contributed by atoms with Crippen molar-refractivity contribution in [1.82, 2.24) is 0 Å². The van der Waals surface area contributed by atoms with Crippen LogP contribution in [0.25, 0.3) is 6.08 Å². The summed E-state index contributed by atoms with van der Waals surface area (Å²) < 4.78 is 18.9. The largest absolute Gasteiger partial charge is 0.486 e. The summed E-state index contributed by atoms with van der Waals surface area (Å²) in [5, 5.41) is 1.15. The number of hydrogen-bond donors (Lipinski definition) is 0. The number of amides is 1. The van der Waals surface area contributed by atoms with Gasteiger partial charge in [0.1, 0.15) is 12.4 Å². The fraction of sp³-hybridized carbons (Fsp3) is 0.0345. The molecule has 0 unspecified atom stereocenters. The van der Waals surface area contributed by atoms with Crippen molar-refractivity contribution in [3.63, 3.8) is 0 Å². The van der Waals surface area contributed by atoms with Gasteiger partial charge in [-0.3, -0.25) is 9.69 Å². The highest BCUT2D eigenvalue weighted by atomic mass is 35.5. The van der Waals surface area contributed by atoms with Crippen LogP contribution in [0, 0.1) is 5.82 Å². The molecule has 0 N–H and O–H groups in total. The van der Waals surface area contributed by atoms with Crippen LogP contribution in [0.2, 0.25) is 10.0 Å². The SMILES string of the molecule is O=C1/C(=C\c2cc(Cl)c(OCc3ccc(F)cc3)c(Cl)c2)SC(=Nc2ccccc2)N1c1ccccc1. The van der Waals surface area contributed by atoms with E-state index in [0.717, 1.165) is 16.9 Å². The van der Waals surface area contributed by atoms with E-state index in [4.69, 9.17) is 32.9 Å². The second kappa shape index (κ2) is 11.2. The van der Waals surface area contributed by atoms with Gasteiger partial charge in [-0.1, -0.05) is 71.7 Å². The van der Waals surface area contributed by atoms with E-state index in [0.29, 0.717) is 31.4 Å². The number of benzene rings is 4. The zero-order valence-electron chi connectivity index (χ0n) is 19.3. The zero-order valence-corrected chi connectivity index (χ0v) is 21.6. The summed E-state index contributed by atoms with van der Waals surface area (Å²) in [6, 6.07) is 28.2. The quantitative estimate of drug-likeness (QED) is 0.227. The molecule has 1 amide bonds. The van der Waals surface area contributed by atoms with Gasteiger partial charge < -0.3 is 4.74 Å². The van der Waals surface area contributed by atoms with Crippen LogP contribution < -0.4 is 9.64 Å². The number of carbonyl (C=O) groups is 1. The van der Waals surface area contributed by atoms with Crippen LogP contribution in [0.1, 0.15) is 11.1 Å². The molecule has 1 heterocycles. The van der Waals surface area contributed by atoms with Crippen LogP contribution in [0.4, 0.5) is 15.8 Å². The van der Waals surface area contributed by atoms with E-state index < -0.39 is 0 Å². The zero-order chi connectivity index (χ0) is 25.8. The number of halogens is 3. The van der Waals surface area contributed by atoms with E-state index in [-0.39, 0.29) is 18.3 Å². The lowest BCUT2D eigenvalue weighted by Crippen LogP contribution is -2.28. The van der Waals surface area contributed by atoms with Crippen LogP contribution >= 0.6 is 35.0 Å². The summed E-state index contributed by atoms with van der Waals surface area (Å²) in [6.45, 7) is 0.180. The van der Waals surface area contributed by atoms with Gasteiger partial charge >= 0.3 is 0 Å². The number of nitrogens with zero attached hydrogens (tertiary/aromatic N) is 2. The fourth-order valence-corrected chi connectivity index (χ4v) is 5.27. The van der Waals surface area contributed by atoms with Gasteiger partial charge in [-0.05, 0) is 77.5 Å². The first-order valence-corrected chi connectivity index (χ1v) is 12.8. The maximum Gasteiger partial charge on any atom is 0.271 e. The van der Waals surface area contributed by atoms with Crippen molar-refractivity contribution in [2.75, 3.05) is 4.90 Å². The van der Waals surface area contributed by atoms with E-state index in [1.165, 1.54) is 23.9 Å². The van der Waals surface area contributed by atoms with Crippen LogP contribution in [0.5, 0.6) is 5.75 Å². The monoisotopic (exact) mass is 548 g/mol. The Morgan fingerprint density at radius 2 is 1.51 bits per heavy atom. The first-order chi connectivity index (χ1) is 18.0. The molecule has 4 aromatic rings. The molecule has 1 aliphatic rings. The van der Waals surface area contributed by atoms with E-state index >= 15 is 0 Å². The molecule has 8 heteroatoms. The predicted octanol–water partition coefficient (Wildman–Crippen LogP) is 8.52. The second-order valence-electron chi connectivity index (χ2n) is 8.05. The summed E-state index contributed by atoms with van der Waals surface area (Å²) in [4.78, 5) is 20.3. The molecule has 4 nitrogen and oxygen atoms in total. The van der Waals surface area contributed by atoms with E-state index in [1.54, 1.807) is 35.2 Å². The van der Waals surface area contributed by atoms with Crippen LogP contribution in [0.3, 0.4) is 0 Å². The van der Waals surface area contributed by atoms with Crippen LogP contribution in [-0.4, -0.2) is 11.1 Å². The lowest BCUT2D eigenvalue weighted by atomic mass is 10.2. The lowest BCUT2D eigenvalue weighted by Gasteiger charge is -2.15. The van der Waals surface area contributed by atoms with Crippen molar-refractivity contribution in [1.29, 1.82) is 0 Å². The minimum absolute atomic E-state index is 0.180. The topological polar surface area (TPSA) is 41.9 Å². The third-order valence-corrected chi connectivity index (χ3v) is 6.95. The minimum Gasteiger partial charge on any atom is -0.486 e. The summed E-state index contributed by atoms with van der Waals surface area (Å²) in [7, 11) is 0. The van der Waals surface area contributed by atoms with Crippen molar-refractivity contribution in [2.24, 2.45) is 4.99 Å². The lowest BCUT2D eigenvalue weighted by molar-refractivity contribution is -0.113. The summed E-state index contributed by atoms with van der Waals surface area (Å²) in [5.74, 6) is -0.202. The second-order valence-corrected chi connectivity index (χ2v) is 9.87. The Morgan fingerprint density at radius 3 is 2.16 bits per heavy atom. The Hall–Kier alpha value is -3.58. The number of anilines is 1. The van der Waals surface area contributed by atoms with Gasteiger partial charge in [0.15, 0.2) is 10.9 Å². The van der Waals surface area contributed by atoms with Gasteiger partial charge in [-0.15, -0.1) is 0 Å². The Labute approximate surface area is 228 Å². The number of thioether (sulfide) groups is 1. The van der Waals surface area contributed by atoms with Crippen molar-refractivity contribution >= 4 is 63.5 Å². The van der Waals surface area contributed by atoms with E-state index in [2.05, 4.69) is 0 Å². The smallest absolute Gasteiger partial charge is 0.271 e. The first-order valence-electron chi connectivity index (χ1n) is 11.3. The molecule has 1 fully saturated rings. The molecule has 0 bridgehead atoms. The highest BCUT2D eigenvalue weighted by Gasteiger charge is 2.34. The molecule has 0 atom stereocenters. The highest BCUT2D eigenvalue weighted by Crippen LogP contribution is 2.40. The highest BCUT2D eigenvalue weighted by molar-refractivity contribution is 8.19. The average Bonchev–Trinajstić information content (AvgIpc) is 3.19. The third-order valence-electron chi connectivity index (χ3n) is 5.42. The number of rotatable bonds is 6. The predicted molar refractivity (Wildman–Crippen MR) is 150 cm³/mol. The number of carbonyl (C=O) groups excluding carboxylic acids is 1. The van der Waals surface area contributed by atoms with Gasteiger partial charge in [-0.25, -0.2) is 9.38 Å². The Morgan fingerprint density at radius 1 is 0.892 bits per heavy atom. The number of amidine groups is 1. The first kappa shape index (κ1) is 25.1. The summed E-state index contributed by atoms with van der Waals surface area (Å²) >= 11 is 14.2. The molecule has 0 aliphatic carbocycles. The Bertz CT molecular complexity index is 1470. The number of aliphatic imine (C=N–C) groups is 1. The standard InChI is InChI=1S/C29H19Cl2FN2O2S/c30-24-15-20(16-25(31)27(24)36-18-19-11-13-21(32)14-12-19)17-26-28(35)34(23-9-5-2-6-10-23)29(37-26)33-22-7-3-1-4-8-22/h1-17H,18H2/b26-17+,33-29?. The average molecular weight is 549 g/mol. The van der Waals surface area contributed by atoms with Crippen molar-refractivity contribution in [3.8, 4) is 5.75 Å². The minimum atomic E-state index is -0.320. The molecule has 184 valence electrons. The molecular formula is C29H19Cl2FN2O2S. The molecule has 4 aromatic carbocycles. The molecule has 5 rings (SSSR count). The summed E-state index contributed by atoms with van der Waals surface area (Å²) in [6.07, 6.45) is 1.73. The molecule has 1 aliphatic heterocycles. The van der Waals surface area contributed by atoms with Crippen LogP contribution in [0.15, 0.2) is 107 Å². The van der Waals surface area contributed by atoms with Crippen molar-refractivity contribution < 1.29 is 13.9 Å². The van der Waals surface area contributed by atoms with Gasteiger partial charge in [0.2, 0.25) is 0 Å². The van der Waals surface area contributed by atoms with Gasteiger partial charge in [0.05, 0.1) is 26.3 Å². The van der Waals surface area contributed by atoms with E-state index in [9.17, 15) is 9.18 Å². The molecule has 0 saturated carbocycles. The Kier molecular flexibility index (Phi) is 7.60. The number of para-hydroxylation sites is 2. The fourth-order valence-electron chi connectivity index (χ4n) is 3.65. The van der Waals surface area contributed by atoms with Gasteiger partial charge in [0, 0.05) is 0 Å². The molecule has 1 saturated heterocycles. The number of ether oxygens (including phenoxy) is 1. The molecule has 37 heavy (non-hydrogen) atoms. The normalized spacial score (nSPS) is 15.5. The van der Waals surface area contributed by atoms with Crippen LogP contribution in [-0.2, 0) is 11.4 Å². The molecule has 0 radical (unpaired) electrons. The molecular weight excluding hydrogens is 530 g/mol. The number of hydrogen-bond acceptors (Lipinski definition) is 4. The molecule has 0 spiro atoms. The third kappa shape index (κ3) is 5.88. The van der Waals surface area contributed by atoms with Crippen molar-refractivity contribution in [3.05, 3.63) is 129 Å².